The van der Waals surface area contributed by atoms with E-state index < -0.39 is 0 Å². The molecule has 0 saturated carbocycles. The van der Waals surface area contributed by atoms with Crippen LogP contribution in [0.1, 0.15) is 41.7 Å². The Hall–Kier alpha value is -4.11. The molecule has 3 heteroatoms. The summed E-state index contributed by atoms with van der Waals surface area (Å²) in [6, 6.07) is 30.7. The normalized spacial score (nSPS) is 13.0. The quantitative estimate of drug-likeness (QED) is 0.194. The molecule has 0 spiro atoms. The second-order valence-electron chi connectivity index (χ2n) is 10.3. The molecule has 0 aliphatic heterocycles. The van der Waals surface area contributed by atoms with Crippen molar-refractivity contribution in [3.63, 3.8) is 0 Å². The van der Waals surface area contributed by atoms with Gasteiger partial charge in [-0.3, -0.25) is 0 Å². The van der Waals surface area contributed by atoms with Gasteiger partial charge in [-0.25, -0.2) is 4.79 Å². The Kier molecular flexibility index (Phi) is 6.47. The zero-order valence-electron chi connectivity index (χ0n) is 22.0. The number of aryl methyl sites for hydroxylation is 2. The third kappa shape index (κ3) is 4.58. The summed E-state index contributed by atoms with van der Waals surface area (Å²) in [5.41, 5.74) is 12.3. The van der Waals surface area contributed by atoms with E-state index in [0.717, 1.165) is 22.6 Å². The molecule has 0 unspecified atom stereocenters. The molecule has 1 aliphatic carbocycles. The number of nitrogens with zero attached hydrogens (tertiary/aromatic N) is 1. The van der Waals surface area contributed by atoms with Gasteiger partial charge in [-0.1, -0.05) is 69.0 Å². The van der Waals surface area contributed by atoms with E-state index in [1.165, 1.54) is 39.5 Å². The van der Waals surface area contributed by atoms with Crippen molar-refractivity contribution in [2.75, 3.05) is 11.5 Å². The van der Waals surface area contributed by atoms with Crippen LogP contribution in [0.4, 0.5) is 17.1 Å². The molecule has 0 atom stereocenters. The molecule has 0 saturated heterocycles. The number of carbonyl (C=O) groups is 1. The molecule has 0 amide bonds. The second-order valence-corrected chi connectivity index (χ2v) is 10.3. The van der Waals surface area contributed by atoms with E-state index in [4.69, 9.17) is 4.74 Å². The maximum Gasteiger partial charge on any atom is 0.330 e. The average molecular weight is 488 g/mol. The van der Waals surface area contributed by atoms with Crippen LogP contribution in [0.15, 0.2) is 97.6 Å². The molecule has 0 aromatic heterocycles. The molecule has 0 fully saturated rings. The minimum Gasteiger partial charge on any atom is -0.462 e. The van der Waals surface area contributed by atoms with Crippen LogP contribution in [-0.2, 0) is 21.4 Å². The molecule has 5 rings (SSSR count). The van der Waals surface area contributed by atoms with E-state index in [1.54, 1.807) is 0 Å². The molecule has 3 nitrogen and oxygen atoms in total. The Morgan fingerprint density at radius 3 is 2.19 bits per heavy atom. The van der Waals surface area contributed by atoms with Crippen molar-refractivity contribution in [3.8, 4) is 11.1 Å². The first-order valence-electron chi connectivity index (χ1n) is 12.8. The number of rotatable bonds is 7. The van der Waals surface area contributed by atoms with Gasteiger partial charge in [-0.15, -0.1) is 0 Å². The number of carbonyl (C=O) groups excluding carboxylic acids is 1. The van der Waals surface area contributed by atoms with E-state index in [2.05, 4.69) is 124 Å². The fourth-order valence-electron chi connectivity index (χ4n) is 5.28. The highest BCUT2D eigenvalue weighted by Crippen LogP contribution is 2.50. The zero-order chi connectivity index (χ0) is 26.2. The summed E-state index contributed by atoms with van der Waals surface area (Å²) < 4.78 is 5.16. The van der Waals surface area contributed by atoms with Crippen LogP contribution in [0, 0.1) is 13.8 Å². The third-order valence-corrected chi connectivity index (χ3v) is 7.57. The highest BCUT2D eigenvalue weighted by molar-refractivity contribution is 5.85. The van der Waals surface area contributed by atoms with Crippen LogP contribution in [0.2, 0.25) is 0 Å². The SMILES string of the molecule is C=CC(=O)OCCc1ccc(N(c2ccc(C)c(C)c2)c2ccc3c(c2)C(C)(C)c2ccccc2-3)cc1. The smallest absolute Gasteiger partial charge is 0.330 e. The Bertz CT molecular complexity index is 1480. The largest absolute Gasteiger partial charge is 0.462 e. The van der Waals surface area contributed by atoms with Crippen LogP contribution in [0.3, 0.4) is 0 Å². The first kappa shape index (κ1) is 24.6. The van der Waals surface area contributed by atoms with Crippen LogP contribution >= 0.6 is 0 Å². The van der Waals surface area contributed by atoms with Gasteiger partial charge in [0.05, 0.1) is 6.61 Å². The summed E-state index contributed by atoms with van der Waals surface area (Å²) in [6.07, 6.45) is 1.86. The summed E-state index contributed by atoms with van der Waals surface area (Å²) in [7, 11) is 0. The van der Waals surface area contributed by atoms with Gasteiger partial charge in [0.2, 0.25) is 0 Å². The summed E-state index contributed by atoms with van der Waals surface area (Å²) >= 11 is 0. The van der Waals surface area contributed by atoms with Gasteiger partial charge < -0.3 is 9.64 Å². The van der Waals surface area contributed by atoms with Crippen molar-refractivity contribution in [1.82, 2.24) is 0 Å². The van der Waals surface area contributed by atoms with E-state index in [0.29, 0.717) is 13.0 Å². The van der Waals surface area contributed by atoms with Gasteiger partial charge in [-0.05, 0) is 89.2 Å². The predicted octanol–water partition coefficient (Wildman–Crippen LogP) is 8.35. The Morgan fingerprint density at radius 2 is 1.46 bits per heavy atom. The number of anilines is 3. The summed E-state index contributed by atoms with van der Waals surface area (Å²) in [5.74, 6) is -0.390. The minimum atomic E-state index is -0.390. The number of hydrogen-bond donors (Lipinski definition) is 0. The lowest BCUT2D eigenvalue weighted by molar-refractivity contribution is -0.137. The molecular formula is C34H33NO2. The van der Waals surface area contributed by atoms with Crippen LogP contribution in [-0.4, -0.2) is 12.6 Å². The van der Waals surface area contributed by atoms with E-state index in [1.807, 2.05) is 0 Å². The van der Waals surface area contributed by atoms with Gasteiger partial charge in [0, 0.05) is 35.0 Å². The number of hydrogen-bond acceptors (Lipinski definition) is 3. The fraction of sp³-hybridized carbons (Fsp3) is 0.206. The highest BCUT2D eigenvalue weighted by Gasteiger charge is 2.35. The average Bonchev–Trinajstić information content (AvgIpc) is 3.13. The number of ether oxygens (including phenoxy) is 1. The summed E-state index contributed by atoms with van der Waals surface area (Å²) in [4.78, 5) is 13.7. The van der Waals surface area contributed by atoms with Crippen molar-refractivity contribution in [2.24, 2.45) is 0 Å². The third-order valence-electron chi connectivity index (χ3n) is 7.57. The Balaban J connectivity index is 1.54. The van der Waals surface area contributed by atoms with Crippen LogP contribution < -0.4 is 4.90 Å². The van der Waals surface area contributed by atoms with Crippen molar-refractivity contribution in [1.29, 1.82) is 0 Å². The zero-order valence-corrected chi connectivity index (χ0v) is 22.0. The molecule has 0 radical (unpaired) electrons. The number of esters is 1. The Morgan fingerprint density at radius 1 is 0.811 bits per heavy atom. The van der Waals surface area contributed by atoms with Gasteiger partial charge >= 0.3 is 5.97 Å². The molecule has 0 N–H and O–H groups in total. The van der Waals surface area contributed by atoms with Crippen molar-refractivity contribution in [2.45, 2.75) is 39.5 Å². The van der Waals surface area contributed by atoms with Crippen molar-refractivity contribution < 1.29 is 9.53 Å². The molecule has 4 aromatic carbocycles. The monoisotopic (exact) mass is 487 g/mol. The highest BCUT2D eigenvalue weighted by atomic mass is 16.5. The molecule has 37 heavy (non-hydrogen) atoms. The van der Waals surface area contributed by atoms with Gasteiger partial charge in [0.25, 0.3) is 0 Å². The van der Waals surface area contributed by atoms with E-state index in [9.17, 15) is 4.79 Å². The fourth-order valence-corrected chi connectivity index (χ4v) is 5.28. The molecule has 0 bridgehead atoms. The van der Waals surface area contributed by atoms with Crippen molar-refractivity contribution >= 4 is 23.0 Å². The molecule has 4 aromatic rings. The first-order valence-corrected chi connectivity index (χ1v) is 12.8. The second kappa shape index (κ2) is 9.74. The number of benzene rings is 4. The lowest BCUT2D eigenvalue weighted by atomic mass is 9.82. The lowest BCUT2D eigenvalue weighted by Gasteiger charge is -2.28. The maximum atomic E-state index is 11.4. The van der Waals surface area contributed by atoms with Gasteiger partial charge in [0.1, 0.15) is 0 Å². The number of fused-ring (bicyclic) bond motifs is 3. The molecule has 0 heterocycles. The summed E-state index contributed by atoms with van der Waals surface area (Å²) in [6.45, 7) is 12.7. The maximum absolute atomic E-state index is 11.4. The van der Waals surface area contributed by atoms with Gasteiger partial charge in [0.15, 0.2) is 0 Å². The van der Waals surface area contributed by atoms with Crippen LogP contribution in [0.25, 0.3) is 11.1 Å². The molecule has 186 valence electrons. The minimum absolute atomic E-state index is 0.0659. The van der Waals surface area contributed by atoms with Crippen molar-refractivity contribution in [3.05, 3.63) is 125 Å². The van der Waals surface area contributed by atoms with E-state index in [-0.39, 0.29) is 11.4 Å². The molecular weight excluding hydrogens is 454 g/mol. The Labute approximate surface area is 220 Å². The topological polar surface area (TPSA) is 29.5 Å². The summed E-state index contributed by atoms with van der Waals surface area (Å²) in [5, 5.41) is 0. The lowest BCUT2D eigenvalue weighted by Crippen LogP contribution is -2.16. The predicted molar refractivity (Wildman–Crippen MR) is 153 cm³/mol. The van der Waals surface area contributed by atoms with E-state index >= 15 is 0 Å². The standard InChI is InChI=1S/C34H33NO2/c1-6-33(36)37-20-19-25-12-15-26(16-13-25)35(27-14-11-23(2)24(3)21-27)28-17-18-30-29-9-7-8-10-31(29)34(4,5)32(30)22-28/h6-18,21-22H,1,19-20H2,2-5H3. The van der Waals surface area contributed by atoms with Gasteiger partial charge in [-0.2, -0.15) is 0 Å². The van der Waals surface area contributed by atoms with Crippen LogP contribution in [0.5, 0.6) is 0 Å². The first-order chi connectivity index (χ1) is 17.8. The molecule has 1 aliphatic rings.